The van der Waals surface area contributed by atoms with E-state index in [1.54, 1.807) is 0 Å². The van der Waals surface area contributed by atoms with E-state index in [2.05, 4.69) is 9.72 Å². The number of rotatable bonds is 3. The lowest BCUT2D eigenvalue weighted by Gasteiger charge is -2.10. The first-order valence-electron chi connectivity index (χ1n) is 3.95. The van der Waals surface area contributed by atoms with Crippen molar-refractivity contribution in [2.75, 3.05) is 0 Å². The molecule has 0 saturated heterocycles. The van der Waals surface area contributed by atoms with E-state index in [-0.39, 0.29) is 0 Å². The fourth-order valence-electron chi connectivity index (χ4n) is 0.983. The largest absolute Gasteiger partial charge is 0.574 e. The van der Waals surface area contributed by atoms with Crippen LogP contribution in [0.3, 0.4) is 0 Å². The first kappa shape index (κ1) is 14.4. The number of carbonyl (C=O) groups is 1. The highest BCUT2D eigenvalue weighted by atomic mass is 127. The van der Waals surface area contributed by atoms with Crippen LogP contribution in [0.5, 0.6) is 5.88 Å². The van der Waals surface area contributed by atoms with Crippen LogP contribution in [-0.4, -0.2) is 27.3 Å². The summed E-state index contributed by atoms with van der Waals surface area (Å²) in [5.74, 6) is -2.80. The third-order valence-corrected chi connectivity index (χ3v) is 2.59. The van der Waals surface area contributed by atoms with Crippen molar-refractivity contribution >= 4 is 34.2 Å². The summed E-state index contributed by atoms with van der Waals surface area (Å²) in [6.45, 7) is 0. The predicted molar refractivity (Wildman–Crippen MR) is 57.3 cm³/mol. The summed E-state index contributed by atoms with van der Waals surface area (Å²) in [7, 11) is 0. The zero-order chi connectivity index (χ0) is 14.1. The highest BCUT2D eigenvalue weighted by molar-refractivity contribution is 14.1. The van der Waals surface area contributed by atoms with Crippen molar-refractivity contribution in [1.82, 2.24) is 4.98 Å². The average molecular weight is 378 g/mol. The maximum atomic E-state index is 12.0. The molecule has 0 aliphatic heterocycles. The number of carboxylic acids is 1. The second-order valence-electron chi connectivity index (χ2n) is 2.75. The molecule has 0 amide bonds. The molecule has 0 spiro atoms. The lowest BCUT2D eigenvalue weighted by Crippen LogP contribution is -2.20. The number of alkyl halides is 3. The summed E-state index contributed by atoms with van der Waals surface area (Å²) in [4.78, 5) is 23.3. The van der Waals surface area contributed by atoms with Gasteiger partial charge in [-0.15, -0.1) is 13.2 Å². The summed E-state index contributed by atoms with van der Waals surface area (Å²) in [5.41, 5.74) is -1.82. The quantitative estimate of drug-likeness (QED) is 0.492. The van der Waals surface area contributed by atoms with Gasteiger partial charge in [0, 0.05) is 0 Å². The van der Waals surface area contributed by atoms with E-state index < -0.39 is 38.0 Å². The van der Waals surface area contributed by atoms with Crippen LogP contribution >= 0.6 is 22.6 Å². The number of nitro groups is 1. The van der Waals surface area contributed by atoms with E-state index in [9.17, 15) is 28.1 Å². The van der Waals surface area contributed by atoms with E-state index in [1.807, 2.05) is 0 Å². The Hall–Kier alpha value is -1.66. The van der Waals surface area contributed by atoms with E-state index in [4.69, 9.17) is 5.11 Å². The van der Waals surface area contributed by atoms with Gasteiger partial charge in [0.25, 0.3) is 0 Å². The Bertz CT molecular complexity index is 519. The predicted octanol–water partition coefficient (Wildman–Crippen LogP) is 2.19. The maximum Gasteiger partial charge on any atom is 0.574 e. The molecular formula is C7H2F3IN2O5. The second kappa shape index (κ2) is 4.91. The minimum absolute atomic E-state index is 0.396. The third-order valence-electron chi connectivity index (χ3n) is 1.59. The number of carboxylic acid groups (broad SMARTS) is 1. The zero-order valence-electron chi connectivity index (χ0n) is 8.06. The van der Waals surface area contributed by atoms with Gasteiger partial charge in [-0.05, 0) is 22.6 Å². The molecule has 0 aliphatic carbocycles. The lowest BCUT2D eigenvalue weighted by molar-refractivity contribution is -0.385. The number of aromatic carboxylic acids is 1. The minimum atomic E-state index is -5.07. The molecule has 1 N–H and O–H groups in total. The Kier molecular flexibility index (Phi) is 3.93. The third kappa shape index (κ3) is 3.18. The fraction of sp³-hybridized carbons (Fsp3) is 0.143. The molecule has 1 aromatic rings. The molecular weight excluding hydrogens is 376 g/mol. The van der Waals surface area contributed by atoms with Gasteiger partial charge in [-0.1, -0.05) is 0 Å². The maximum absolute atomic E-state index is 12.0. The van der Waals surface area contributed by atoms with Gasteiger partial charge in [-0.25, -0.2) is 9.78 Å². The normalized spacial score (nSPS) is 11.1. The molecule has 0 atom stereocenters. The molecule has 1 heterocycles. The number of hydrogen-bond donors (Lipinski definition) is 1. The molecule has 1 rings (SSSR count). The molecule has 0 aliphatic rings. The standard InChI is InChI=1S/C7H2F3IN2O5/c8-7(9,10)18-5-4(11)3(6(14)15)2(1-12-5)13(16)17/h1H,(H,14,15). The molecule has 11 heteroatoms. The summed E-state index contributed by atoms with van der Waals surface area (Å²) < 4.78 is 38.7. The van der Waals surface area contributed by atoms with Crippen LogP contribution < -0.4 is 4.74 Å². The monoisotopic (exact) mass is 378 g/mol. The van der Waals surface area contributed by atoms with E-state index in [1.165, 1.54) is 22.6 Å². The Morgan fingerprint density at radius 2 is 2.11 bits per heavy atom. The van der Waals surface area contributed by atoms with Crippen LogP contribution in [0.1, 0.15) is 10.4 Å². The van der Waals surface area contributed by atoms with E-state index >= 15 is 0 Å². The topological polar surface area (TPSA) is 103 Å². The summed E-state index contributed by atoms with van der Waals surface area (Å²) in [6, 6.07) is 0. The molecule has 0 aromatic carbocycles. The molecule has 0 unspecified atom stereocenters. The molecule has 1 aromatic heterocycles. The smallest absolute Gasteiger partial charge is 0.477 e. The summed E-state index contributed by atoms with van der Waals surface area (Å²) >= 11 is 1.18. The van der Waals surface area contributed by atoms with Gasteiger partial charge in [-0.2, -0.15) is 0 Å². The number of pyridine rings is 1. The van der Waals surface area contributed by atoms with Crippen molar-refractivity contribution in [2.45, 2.75) is 6.36 Å². The van der Waals surface area contributed by atoms with E-state index in [0.717, 1.165) is 0 Å². The van der Waals surface area contributed by atoms with Gasteiger partial charge in [-0.3, -0.25) is 10.1 Å². The van der Waals surface area contributed by atoms with Gasteiger partial charge >= 0.3 is 18.0 Å². The van der Waals surface area contributed by atoms with Crippen molar-refractivity contribution in [3.63, 3.8) is 0 Å². The number of aromatic nitrogens is 1. The van der Waals surface area contributed by atoms with Gasteiger partial charge in [0.05, 0.1) is 8.49 Å². The highest BCUT2D eigenvalue weighted by Crippen LogP contribution is 2.32. The van der Waals surface area contributed by atoms with E-state index in [0.29, 0.717) is 6.20 Å². The Labute approximate surface area is 110 Å². The van der Waals surface area contributed by atoms with Crippen molar-refractivity contribution in [2.24, 2.45) is 0 Å². The minimum Gasteiger partial charge on any atom is -0.477 e. The first-order chi connectivity index (χ1) is 8.13. The first-order valence-corrected chi connectivity index (χ1v) is 5.03. The van der Waals surface area contributed by atoms with Crippen LogP contribution in [0.2, 0.25) is 0 Å². The fourth-order valence-corrected chi connectivity index (χ4v) is 1.74. The molecule has 0 radical (unpaired) electrons. The van der Waals surface area contributed by atoms with Gasteiger partial charge < -0.3 is 9.84 Å². The second-order valence-corrected chi connectivity index (χ2v) is 3.83. The molecule has 0 bridgehead atoms. The lowest BCUT2D eigenvalue weighted by atomic mass is 10.2. The highest BCUT2D eigenvalue weighted by Gasteiger charge is 2.35. The molecule has 18 heavy (non-hydrogen) atoms. The Morgan fingerprint density at radius 1 is 1.56 bits per heavy atom. The average Bonchev–Trinajstić information content (AvgIpc) is 2.17. The SMILES string of the molecule is O=C(O)c1c([N+](=O)[O-])cnc(OC(F)(F)F)c1I. The molecule has 0 saturated carbocycles. The van der Waals surface area contributed by atoms with Crippen LogP contribution in [0.15, 0.2) is 6.20 Å². The Balaban J connectivity index is 3.40. The number of halogens is 4. The van der Waals surface area contributed by atoms with Crippen molar-refractivity contribution in [3.05, 3.63) is 25.4 Å². The number of ether oxygens (including phenoxy) is 1. The van der Waals surface area contributed by atoms with Gasteiger partial charge in [0.15, 0.2) is 5.56 Å². The van der Waals surface area contributed by atoms with Gasteiger partial charge in [0.2, 0.25) is 5.88 Å². The zero-order valence-corrected chi connectivity index (χ0v) is 10.2. The van der Waals surface area contributed by atoms with Gasteiger partial charge in [0.1, 0.15) is 6.20 Å². The van der Waals surface area contributed by atoms with Crippen molar-refractivity contribution in [3.8, 4) is 5.88 Å². The molecule has 7 nitrogen and oxygen atoms in total. The molecule has 98 valence electrons. The van der Waals surface area contributed by atoms with Crippen LogP contribution in [-0.2, 0) is 0 Å². The molecule has 0 fully saturated rings. The van der Waals surface area contributed by atoms with Crippen LogP contribution in [0.25, 0.3) is 0 Å². The van der Waals surface area contributed by atoms with Crippen molar-refractivity contribution in [1.29, 1.82) is 0 Å². The number of nitrogens with zero attached hydrogens (tertiary/aromatic N) is 2. The van der Waals surface area contributed by atoms with Crippen molar-refractivity contribution < 1.29 is 32.7 Å². The summed E-state index contributed by atoms with van der Waals surface area (Å²) in [5, 5.41) is 19.3. The van der Waals surface area contributed by atoms with Crippen LogP contribution in [0, 0.1) is 13.7 Å². The number of hydrogen-bond acceptors (Lipinski definition) is 5. The van der Waals surface area contributed by atoms with Crippen LogP contribution in [0.4, 0.5) is 18.9 Å². The Morgan fingerprint density at radius 3 is 2.50 bits per heavy atom. The summed E-state index contributed by atoms with van der Waals surface area (Å²) in [6.07, 6.45) is -4.68.